The molecule has 0 saturated heterocycles. The number of aryl methyl sites for hydroxylation is 1. The van der Waals surface area contributed by atoms with Gasteiger partial charge in [-0.3, -0.25) is 14.8 Å². The van der Waals surface area contributed by atoms with Crippen LogP contribution in [0.2, 0.25) is 0 Å². The molecule has 98 valence electrons. The van der Waals surface area contributed by atoms with Crippen molar-refractivity contribution < 1.29 is 4.79 Å². The lowest BCUT2D eigenvalue weighted by molar-refractivity contribution is 0.100. The number of aromatic nitrogens is 2. The third-order valence-electron chi connectivity index (χ3n) is 3.30. The predicted octanol–water partition coefficient (Wildman–Crippen LogP) is 2.70. The molecule has 0 unspecified atom stereocenters. The molecule has 0 bridgehead atoms. The molecule has 4 heteroatoms. The molecular weight excluding hydrogens is 250 g/mol. The van der Waals surface area contributed by atoms with Crippen LogP contribution < -0.4 is 5.73 Å². The molecule has 3 aromatic rings. The maximum absolute atomic E-state index is 11.6. The van der Waals surface area contributed by atoms with Crippen molar-refractivity contribution in [2.75, 3.05) is 0 Å². The van der Waals surface area contributed by atoms with Gasteiger partial charge in [-0.15, -0.1) is 0 Å². The zero-order chi connectivity index (χ0) is 14.1. The van der Waals surface area contributed by atoms with Crippen molar-refractivity contribution in [1.82, 2.24) is 9.97 Å². The van der Waals surface area contributed by atoms with Gasteiger partial charge in [-0.05, 0) is 30.7 Å². The number of fused-ring (bicyclic) bond motifs is 1. The van der Waals surface area contributed by atoms with Crippen molar-refractivity contribution in [2.24, 2.45) is 5.73 Å². The number of hydrogen-bond acceptors (Lipinski definition) is 3. The topological polar surface area (TPSA) is 68.9 Å². The lowest BCUT2D eigenvalue weighted by Crippen LogP contribution is -2.13. The molecule has 2 heterocycles. The molecule has 0 aliphatic carbocycles. The number of carbonyl (C=O) groups is 1. The first-order chi connectivity index (χ1) is 9.68. The summed E-state index contributed by atoms with van der Waals surface area (Å²) >= 11 is 0. The highest BCUT2D eigenvalue weighted by Crippen LogP contribution is 2.30. The number of rotatable bonds is 2. The monoisotopic (exact) mass is 263 g/mol. The van der Waals surface area contributed by atoms with E-state index in [2.05, 4.69) is 9.97 Å². The van der Waals surface area contributed by atoms with E-state index >= 15 is 0 Å². The Kier molecular flexibility index (Phi) is 2.91. The summed E-state index contributed by atoms with van der Waals surface area (Å²) in [6.07, 6.45) is 3.41. The number of benzene rings is 1. The Morgan fingerprint density at radius 3 is 2.60 bits per heavy atom. The molecule has 0 atom stereocenters. The van der Waals surface area contributed by atoms with Crippen molar-refractivity contribution >= 4 is 16.8 Å². The number of primary amides is 1. The average molecular weight is 263 g/mol. The van der Waals surface area contributed by atoms with Gasteiger partial charge in [-0.25, -0.2) is 0 Å². The number of hydrogen-bond donors (Lipinski definition) is 1. The number of nitrogens with two attached hydrogens (primary N) is 1. The molecule has 20 heavy (non-hydrogen) atoms. The van der Waals surface area contributed by atoms with Gasteiger partial charge in [-0.1, -0.05) is 18.2 Å². The minimum absolute atomic E-state index is 0.418. The fourth-order valence-electron chi connectivity index (χ4n) is 2.34. The molecule has 0 radical (unpaired) electrons. The third kappa shape index (κ3) is 1.91. The minimum Gasteiger partial charge on any atom is -0.366 e. The van der Waals surface area contributed by atoms with Crippen LogP contribution in [-0.4, -0.2) is 15.9 Å². The first-order valence-corrected chi connectivity index (χ1v) is 6.28. The first kappa shape index (κ1) is 12.3. The van der Waals surface area contributed by atoms with E-state index in [0.29, 0.717) is 11.3 Å². The Morgan fingerprint density at radius 2 is 1.80 bits per heavy atom. The van der Waals surface area contributed by atoms with Gasteiger partial charge in [0.05, 0.1) is 16.8 Å². The predicted molar refractivity (Wildman–Crippen MR) is 78.2 cm³/mol. The summed E-state index contributed by atoms with van der Waals surface area (Å²) in [5.74, 6) is -0.481. The molecule has 0 spiro atoms. The zero-order valence-corrected chi connectivity index (χ0v) is 11.0. The summed E-state index contributed by atoms with van der Waals surface area (Å²) < 4.78 is 0. The van der Waals surface area contributed by atoms with E-state index in [1.54, 1.807) is 24.5 Å². The molecule has 0 fully saturated rings. The molecule has 3 rings (SSSR count). The summed E-state index contributed by atoms with van der Waals surface area (Å²) in [6, 6.07) is 11.2. The van der Waals surface area contributed by atoms with E-state index in [1.165, 1.54) is 0 Å². The summed E-state index contributed by atoms with van der Waals surface area (Å²) in [5, 5.41) is 0.966. The van der Waals surface area contributed by atoms with Gasteiger partial charge >= 0.3 is 0 Å². The van der Waals surface area contributed by atoms with Crippen LogP contribution >= 0.6 is 0 Å². The van der Waals surface area contributed by atoms with Crippen molar-refractivity contribution in [3.05, 3.63) is 59.9 Å². The summed E-state index contributed by atoms with van der Waals surface area (Å²) in [6.45, 7) is 2.01. The molecule has 1 amide bonds. The van der Waals surface area contributed by atoms with E-state index in [1.807, 2.05) is 31.2 Å². The first-order valence-electron chi connectivity index (χ1n) is 6.28. The molecule has 2 aromatic heterocycles. The number of amides is 1. The molecule has 0 aliphatic heterocycles. The molecule has 1 aromatic carbocycles. The Balaban J connectivity index is 2.37. The van der Waals surface area contributed by atoms with E-state index in [4.69, 9.17) is 5.73 Å². The van der Waals surface area contributed by atoms with Gasteiger partial charge in [0.2, 0.25) is 0 Å². The maximum atomic E-state index is 11.6. The molecular formula is C16H13N3O. The largest absolute Gasteiger partial charge is 0.366 e. The summed E-state index contributed by atoms with van der Waals surface area (Å²) in [5.41, 5.74) is 9.31. The second kappa shape index (κ2) is 4.74. The van der Waals surface area contributed by atoms with Crippen LogP contribution in [0.15, 0.2) is 48.8 Å². The molecule has 4 nitrogen and oxygen atoms in total. The number of carbonyl (C=O) groups excluding carboxylic acids is 1. The van der Waals surface area contributed by atoms with E-state index in [0.717, 1.165) is 22.0 Å². The zero-order valence-electron chi connectivity index (χ0n) is 11.0. The van der Waals surface area contributed by atoms with Crippen LogP contribution in [0.5, 0.6) is 0 Å². The van der Waals surface area contributed by atoms with Crippen molar-refractivity contribution in [3.8, 4) is 11.3 Å². The van der Waals surface area contributed by atoms with Gasteiger partial charge in [0.1, 0.15) is 0 Å². The quantitative estimate of drug-likeness (QED) is 0.772. The summed E-state index contributed by atoms with van der Waals surface area (Å²) in [4.78, 5) is 20.3. The minimum atomic E-state index is -0.481. The van der Waals surface area contributed by atoms with Crippen LogP contribution in [0.25, 0.3) is 22.2 Å². The lowest BCUT2D eigenvalue weighted by Gasteiger charge is -2.10. The van der Waals surface area contributed by atoms with Gasteiger partial charge in [0.25, 0.3) is 5.91 Å². The highest BCUT2D eigenvalue weighted by Gasteiger charge is 2.14. The normalized spacial score (nSPS) is 10.7. The van der Waals surface area contributed by atoms with Gasteiger partial charge in [0.15, 0.2) is 0 Å². The Labute approximate surface area is 116 Å². The number of pyridine rings is 2. The van der Waals surface area contributed by atoms with Crippen LogP contribution in [0.4, 0.5) is 0 Å². The third-order valence-corrected chi connectivity index (χ3v) is 3.30. The van der Waals surface area contributed by atoms with Crippen molar-refractivity contribution in [3.63, 3.8) is 0 Å². The standard InChI is InChI=1S/C16H13N3O/c1-10-6-7-12(11-4-2-8-18-14(10)11)15-13(16(17)20)5-3-9-19-15/h2-9H,1H3,(H2,17,20). The summed E-state index contributed by atoms with van der Waals surface area (Å²) in [7, 11) is 0. The van der Waals surface area contributed by atoms with Crippen LogP contribution in [0.1, 0.15) is 15.9 Å². The van der Waals surface area contributed by atoms with Crippen LogP contribution in [-0.2, 0) is 0 Å². The molecule has 0 saturated carbocycles. The van der Waals surface area contributed by atoms with Gasteiger partial charge in [0, 0.05) is 23.3 Å². The van der Waals surface area contributed by atoms with Crippen LogP contribution in [0.3, 0.4) is 0 Å². The maximum Gasteiger partial charge on any atom is 0.250 e. The average Bonchev–Trinajstić information content (AvgIpc) is 2.48. The van der Waals surface area contributed by atoms with Gasteiger partial charge < -0.3 is 5.73 Å². The van der Waals surface area contributed by atoms with Crippen LogP contribution in [0, 0.1) is 6.92 Å². The van der Waals surface area contributed by atoms with E-state index < -0.39 is 5.91 Å². The Bertz CT molecular complexity index is 812. The lowest BCUT2D eigenvalue weighted by atomic mass is 9.98. The Morgan fingerprint density at radius 1 is 1.05 bits per heavy atom. The second-order valence-corrected chi connectivity index (χ2v) is 4.59. The fraction of sp³-hybridized carbons (Fsp3) is 0.0625. The SMILES string of the molecule is Cc1ccc(-c2ncccc2C(N)=O)c2cccnc12. The fourth-order valence-corrected chi connectivity index (χ4v) is 2.34. The smallest absolute Gasteiger partial charge is 0.250 e. The highest BCUT2D eigenvalue weighted by atomic mass is 16.1. The molecule has 2 N–H and O–H groups in total. The second-order valence-electron chi connectivity index (χ2n) is 4.59. The highest BCUT2D eigenvalue weighted by molar-refractivity contribution is 6.04. The Hall–Kier alpha value is -2.75. The van der Waals surface area contributed by atoms with E-state index in [-0.39, 0.29) is 0 Å². The van der Waals surface area contributed by atoms with Gasteiger partial charge in [-0.2, -0.15) is 0 Å². The van der Waals surface area contributed by atoms with Crippen molar-refractivity contribution in [2.45, 2.75) is 6.92 Å². The number of nitrogens with zero attached hydrogens (tertiary/aromatic N) is 2. The molecule has 0 aliphatic rings. The van der Waals surface area contributed by atoms with E-state index in [9.17, 15) is 4.79 Å². The van der Waals surface area contributed by atoms with Crippen molar-refractivity contribution in [1.29, 1.82) is 0 Å².